The molecular weight excluding hydrogens is 206 g/mol. The van der Waals surface area contributed by atoms with E-state index in [0.717, 1.165) is 17.8 Å². The maximum absolute atomic E-state index is 6.74. The summed E-state index contributed by atoms with van der Waals surface area (Å²) in [5, 5.41) is 0. The molecule has 1 heteroatoms. The van der Waals surface area contributed by atoms with E-state index >= 15 is 0 Å². The van der Waals surface area contributed by atoms with E-state index in [4.69, 9.17) is 5.73 Å². The van der Waals surface area contributed by atoms with Crippen molar-refractivity contribution in [3.63, 3.8) is 0 Å². The van der Waals surface area contributed by atoms with Crippen LogP contribution >= 0.6 is 0 Å². The number of rotatable bonds is 2. The van der Waals surface area contributed by atoms with Crippen LogP contribution in [0.4, 0.5) is 0 Å². The Hall–Kier alpha value is -0.0400. The van der Waals surface area contributed by atoms with Crippen molar-refractivity contribution in [1.82, 2.24) is 0 Å². The van der Waals surface area contributed by atoms with E-state index in [0.29, 0.717) is 0 Å². The molecule has 2 bridgehead atoms. The molecule has 0 radical (unpaired) electrons. The fourth-order valence-corrected chi connectivity index (χ4v) is 4.96. The van der Waals surface area contributed by atoms with Crippen molar-refractivity contribution >= 4 is 0 Å². The number of fused-ring (bicyclic) bond motifs is 2. The summed E-state index contributed by atoms with van der Waals surface area (Å²) in [6, 6.07) is 0. The molecular formula is C16H29N. The van der Waals surface area contributed by atoms with Gasteiger partial charge in [-0.05, 0) is 56.3 Å². The molecule has 0 aromatic heterocycles. The minimum absolute atomic E-state index is 0.218. The van der Waals surface area contributed by atoms with Crippen molar-refractivity contribution in [3.8, 4) is 0 Å². The predicted molar refractivity (Wildman–Crippen MR) is 72.8 cm³/mol. The van der Waals surface area contributed by atoms with Crippen molar-refractivity contribution in [1.29, 1.82) is 0 Å². The van der Waals surface area contributed by atoms with Gasteiger partial charge in [-0.25, -0.2) is 0 Å². The van der Waals surface area contributed by atoms with Crippen molar-refractivity contribution in [2.24, 2.45) is 23.5 Å². The highest BCUT2D eigenvalue weighted by Gasteiger charge is 2.42. The van der Waals surface area contributed by atoms with Crippen LogP contribution in [0.2, 0.25) is 0 Å². The molecule has 0 aromatic rings. The molecule has 0 amide bonds. The largest absolute Gasteiger partial charge is 0.325 e. The topological polar surface area (TPSA) is 26.0 Å². The minimum atomic E-state index is 0.218. The van der Waals surface area contributed by atoms with Gasteiger partial charge in [0, 0.05) is 5.54 Å². The number of hydrogen-bond acceptors (Lipinski definition) is 1. The first-order valence-corrected chi connectivity index (χ1v) is 8.04. The third-order valence-corrected chi connectivity index (χ3v) is 5.90. The first kappa shape index (κ1) is 12.0. The summed E-state index contributed by atoms with van der Waals surface area (Å²) in [5.41, 5.74) is 6.96. The molecule has 3 unspecified atom stereocenters. The monoisotopic (exact) mass is 235 g/mol. The molecule has 2 N–H and O–H groups in total. The van der Waals surface area contributed by atoms with Crippen LogP contribution in [0.25, 0.3) is 0 Å². The Labute approximate surface area is 107 Å². The van der Waals surface area contributed by atoms with Crippen LogP contribution in [-0.2, 0) is 0 Å². The van der Waals surface area contributed by atoms with Crippen LogP contribution in [0.5, 0.6) is 0 Å². The molecule has 3 rings (SSSR count). The average molecular weight is 235 g/mol. The van der Waals surface area contributed by atoms with E-state index in [9.17, 15) is 0 Å². The van der Waals surface area contributed by atoms with Gasteiger partial charge in [-0.1, -0.05) is 38.5 Å². The van der Waals surface area contributed by atoms with E-state index < -0.39 is 0 Å². The zero-order valence-electron chi connectivity index (χ0n) is 11.3. The predicted octanol–water partition coefficient (Wildman–Crippen LogP) is 4.25. The Morgan fingerprint density at radius 3 is 2.18 bits per heavy atom. The first-order valence-electron chi connectivity index (χ1n) is 8.04. The summed E-state index contributed by atoms with van der Waals surface area (Å²) in [5.74, 6) is 3.14. The van der Waals surface area contributed by atoms with Gasteiger partial charge in [0.25, 0.3) is 0 Å². The third-order valence-electron chi connectivity index (χ3n) is 5.90. The molecule has 3 aliphatic carbocycles. The lowest BCUT2D eigenvalue weighted by Crippen LogP contribution is -2.43. The smallest absolute Gasteiger partial charge is 0.0157 e. The van der Waals surface area contributed by atoms with Crippen LogP contribution in [0.1, 0.15) is 77.0 Å². The van der Waals surface area contributed by atoms with Crippen molar-refractivity contribution in [2.75, 3.05) is 0 Å². The Balaban J connectivity index is 1.58. The van der Waals surface area contributed by atoms with Gasteiger partial charge in [0.2, 0.25) is 0 Å². The highest BCUT2D eigenvalue weighted by molar-refractivity contribution is 4.96. The van der Waals surface area contributed by atoms with Gasteiger partial charge in [-0.2, -0.15) is 0 Å². The van der Waals surface area contributed by atoms with Crippen molar-refractivity contribution < 1.29 is 0 Å². The van der Waals surface area contributed by atoms with Crippen molar-refractivity contribution in [3.05, 3.63) is 0 Å². The van der Waals surface area contributed by atoms with Crippen molar-refractivity contribution in [2.45, 2.75) is 82.6 Å². The first-order chi connectivity index (χ1) is 8.25. The Morgan fingerprint density at radius 2 is 1.59 bits per heavy atom. The SMILES string of the molecule is NC1(CC2CC3CCC2C3)CCCCCCC1. The fourth-order valence-electron chi connectivity index (χ4n) is 4.96. The summed E-state index contributed by atoms with van der Waals surface area (Å²) < 4.78 is 0. The van der Waals surface area contributed by atoms with Crippen LogP contribution in [-0.4, -0.2) is 5.54 Å². The molecule has 1 nitrogen and oxygen atoms in total. The lowest BCUT2D eigenvalue weighted by Gasteiger charge is -2.36. The third kappa shape index (κ3) is 2.70. The second-order valence-electron chi connectivity index (χ2n) is 7.27. The molecule has 0 aromatic carbocycles. The van der Waals surface area contributed by atoms with E-state index in [2.05, 4.69) is 0 Å². The van der Waals surface area contributed by atoms with Crippen LogP contribution in [0, 0.1) is 17.8 Å². The number of hydrogen-bond donors (Lipinski definition) is 1. The van der Waals surface area contributed by atoms with Gasteiger partial charge in [-0.15, -0.1) is 0 Å². The molecule has 0 saturated heterocycles. The van der Waals surface area contributed by atoms with Gasteiger partial charge in [0.1, 0.15) is 0 Å². The Bertz CT molecular complexity index is 252. The summed E-state index contributed by atoms with van der Waals surface area (Å²) >= 11 is 0. The Morgan fingerprint density at radius 1 is 0.882 bits per heavy atom. The van der Waals surface area contributed by atoms with E-state index in [1.807, 2.05) is 0 Å². The van der Waals surface area contributed by atoms with Crippen LogP contribution in [0.15, 0.2) is 0 Å². The summed E-state index contributed by atoms with van der Waals surface area (Å²) in [6.07, 6.45) is 17.1. The lowest BCUT2D eigenvalue weighted by molar-refractivity contribution is 0.207. The van der Waals surface area contributed by atoms with Gasteiger partial charge < -0.3 is 5.73 Å². The average Bonchev–Trinajstić information content (AvgIpc) is 2.86. The summed E-state index contributed by atoms with van der Waals surface area (Å²) in [4.78, 5) is 0. The van der Waals surface area contributed by atoms with Gasteiger partial charge in [-0.3, -0.25) is 0 Å². The highest BCUT2D eigenvalue weighted by atomic mass is 14.7. The van der Waals surface area contributed by atoms with Crippen LogP contribution in [0.3, 0.4) is 0 Å². The van der Waals surface area contributed by atoms with Gasteiger partial charge >= 0.3 is 0 Å². The molecule has 17 heavy (non-hydrogen) atoms. The van der Waals surface area contributed by atoms with E-state index in [1.54, 1.807) is 6.42 Å². The maximum Gasteiger partial charge on any atom is 0.0157 e. The zero-order valence-corrected chi connectivity index (χ0v) is 11.3. The van der Waals surface area contributed by atoms with E-state index in [1.165, 1.54) is 70.6 Å². The van der Waals surface area contributed by atoms with Crippen LogP contribution < -0.4 is 5.73 Å². The maximum atomic E-state index is 6.74. The highest BCUT2D eigenvalue weighted by Crippen LogP contribution is 2.51. The van der Waals surface area contributed by atoms with Gasteiger partial charge in [0.15, 0.2) is 0 Å². The molecule has 98 valence electrons. The van der Waals surface area contributed by atoms with E-state index in [-0.39, 0.29) is 5.54 Å². The minimum Gasteiger partial charge on any atom is -0.325 e. The molecule has 3 fully saturated rings. The fraction of sp³-hybridized carbons (Fsp3) is 1.00. The molecule has 3 aliphatic rings. The molecule has 3 saturated carbocycles. The molecule has 0 aliphatic heterocycles. The molecule has 3 atom stereocenters. The Kier molecular flexibility index (Phi) is 3.47. The standard InChI is InChI=1S/C16H29N/c17-16(8-4-2-1-3-5-9-16)12-15-11-13-6-7-14(15)10-13/h13-15H,1-12,17H2. The zero-order chi connectivity index (χ0) is 11.7. The number of nitrogens with two attached hydrogens (primary N) is 1. The normalized spacial score (nSPS) is 41.1. The molecule has 0 heterocycles. The lowest BCUT2D eigenvalue weighted by atomic mass is 9.74. The second-order valence-corrected chi connectivity index (χ2v) is 7.27. The quantitative estimate of drug-likeness (QED) is 0.760. The van der Waals surface area contributed by atoms with Gasteiger partial charge in [0.05, 0.1) is 0 Å². The second kappa shape index (κ2) is 4.91. The summed E-state index contributed by atoms with van der Waals surface area (Å²) in [7, 11) is 0. The molecule has 0 spiro atoms. The summed E-state index contributed by atoms with van der Waals surface area (Å²) in [6.45, 7) is 0.